The zero-order valence-electron chi connectivity index (χ0n) is 8.73. The fourth-order valence-electron chi connectivity index (χ4n) is 3.38. The molecule has 0 aromatic rings. The molecule has 86 valence electrons. The van der Waals surface area contributed by atoms with E-state index in [0.29, 0.717) is 6.42 Å². The van der Waals surface area contributed by atoms with Gasteiger partial charge in [-0.05, 0) is 19.3 Å². The van der Waals surface area contributed by atoms with Crippen molar-refractivity contribution in [2.45, 2.75) is 37.4 Å². The number of carbonyl (C=O) groups is 3. The molecule has 5 nitrogen and oxygen atoms in total. The van der Waals surface area contributed by atoms with Gasteiger partial charge in [-0.15, -0.1) is 0 Å². The van der Waals surface area contributed by atoms with Crippen molar-refractivity contribution in [2.75, 3.05) is 6.61 Å². The van der Waals surface area contributed by atoms with Crippen LogP contribution in [0.15, 0.2) is 0 Å². The quantitative estimate of drug-likeness (QED) is 0.383. The highest BCUT2D eigenvalue weighted by Crippen LogP contribution is 2.61. The summed E-state index contributed by atoms with van der Waals surface area (Å²) in [5.74, 6) is -0.917. The number of ketones is 1. The second kappa shape index (κ2) is 2.91. The van der Waals surface area contributed by atoms with Gasteiger partial charge in [0.15, 0.2) is 12.1 Å². The van der Waals surface area contributed by atoms with Gasteiger partial charge < -0.3 is 9.47 Å². The van der Waals surface area contributed by atoms with E-state index in [2.05, 4.69) is 0 Å². The molecule has 0 aromatic carbocycles. The highest BCUT2D eigenvalue weighted by Gasteiger charge is 2.72. The summed E-state index contributed by atoms with van der Waals surface area (Å²) >= 11 is 0. The molecule has 3 rings (SSSR count). The third-order valence-electron chi connectivity index (χ3n) is 4.15. The van der Waals surface area contributed by atoms with Gasteiger partial charge in [0.05, 0.1) is 6.10 Å². The smallest absolute Gasteiger partial charge is 0.315 e. The fourth-order valence-corrected chi connectivity index (χ4v) is 3.38. The van der Waals surface area contributed by atoms with Crippen molar-refractivity contribution in [3.05, 3.63) is 0 Å². The third kappa shape index (κ3) is 0.967. The molecule has 16 heavy (non-hydrogen) atoms. The lowest BCUT2D eigenvalue weighted by Gasteiger charge is -2.32. The van der Waals surface area contributed by atoms with Crippen LogP contribution in [0.25, 0.3) is 0 Å². The number of esters is 1. The first-order valence-electron chi connectivity index (χ1n) is 5.45. The predicted molar refractivity (Wildman–Crippen MR) is 50.5 cm³/mol. The summed E-state index contributed by atoms with van der Waals surface area (Å²) in [6, 6.07) is 0. The number of fused-ring (bicyclic) bond motifs is 1. The van der Waals surface area contributed by atoms with Crippen molar-refractivity contribution >= 4 is 18.0 Å². The number of carbonyl (C=O) groups excluding carboxylic acids is 3. The van der Waals surface area contributed by atoms with Crippen LogP contribution in [0, 0.1) is 5.41 Å². The summed E-state index contributed by atoms with van der Waals surface area (Å²) in [5, 5.41) is 0. The van der Waals surface area contributed by atoms with E-state index in [9.17, 15) is 14.4 Å². The summed E-state index contributed by atoms with van der Waals surface area (Å²) in [6.07, 6.45) is 2.44. The Morgan fingerprint density at radius 2 is 2.38 bits per heavy atom. The number of cyclic esters (lactones) is 1. The van der Waals surface area contributed by atoms with Gasteiger partial charge in [-0.1, -0.05) is 0 Å². The Kier molecular flexibility index (Phi) is 1.81. The van der Waals surface area contributed by atoms with Gasteiger partial charge in [0.1, 0.15) is 17.6 Å². The van der Waals surface area contributed by atoms with Gasteiger partial charge in [-0.25, -0.2) is 0 Å². The molecule has 3 fully saturated rings. The number of ether oxygens (including phenoxy) is 2. The molecule has 3 aliphatic heterocycles. The van der Waals surface area contributed by atoms with E-state index in [4.69, 9.17) is 9.47 Å². The molecule has 3 saturated heterocycles. The first-order chi connectivity index (χ1) is 7.62. The predicted octanol–water partition coefficient (Wildman–Crippen LogP) is 0.00920. The van der Waals surface area contributed by atoms with E-state index >= 15 is 0 Å². The molecule has 1 spiro atoms. The minimum atomic E-state index is -0.881. The van der Waals surface area contributed by atoms with Crippen molar-refractivity contribution in [1.82, 2.24) is 0 Å². The molecule has 3 atom stereocenters. The van der Waals surface area contributed by atoms with Crippen LogP contribution in [0.4, 0.5) is 0 Å². The van der Waals surface area contributed by atoms with E-state index in [1.165, 1.54) is 0 Å². The molecule has 0 aliphatic carbocycles. The molecule has 0 radical (unpaired) electrons. The lowest BCUT2D eigenvalue weighted by atomic mass is 9.65. The number of rotatable bonds is 3. The van der Waals surface area contributed by atoms with E-state index in [1.54, 1.807) is 0 Å². The summed E-state index contributed by atoms with van der Waals surface area (Å²) < 4.78 is 10.8. The summed E-state index contributed by atoms with van der Waals surface area (Å²) in [7, 11) is 0. The third-order valence-corrected chi connectivity index (χ3v) is 4.15. The summed E-state index contributed by atoms with van der Waals surface area (Å²) in [5.41, 5.74) is -1.51. The molecular formula is C11H12O5. The average Bonchev–Trinajstić information content (AvgIpc) is 2.88. The van der Waals surface area contributed by atoms with Crippen LogP contribution in [-0.4, -0.2) is 36.4 Å². The fraction of sp³-hybridized carbons (Fsp3) is 0.727. The Morgan fingerprint density at radius 1 is 1.56 bits per heavy atom. The molecule has 0 aromatic heterocycles. The van der Waals surface area contributed by atoms with Gasteiger partial charge in [0, 0.05) is 6.42 Å². The molecule has 0 N–H and O–H groups in total. The lowest BCUT2D eigenvalue weighted by molar-refractivity contribution is -0.149. The largest absolute Gasteiger partial charge is 0.462 e. The Bertz CT molecular complexity index is 390. The van der Waals surface area contributed by atoms with Crippen LogP contribution in [0.3, 0.4) is 0 Å². The molecule has 0 amide bonds. The minimum absolute atomic E-state index is 0.0484. The maximum Gasteiger partial charge on any atom is 0.315 e. The Morgan fingerprint density at radius 3 is 3.06 bits per heavy atom. The van der Waals surface area contributed by atoms with Crippen LogP contribution < -0.4 is 0 Å². The van der Waals surface area contributed by atoms with Gasteiger partial charge in [-0.2, -0.15) is 0 Å². The molecule has 0 saturated carbocycles. The van der Waals surface area contributed by atoms with E-state index in [0.717, 1.165) is 12.8 Å². The van der Waals surface area contributed by atoms with Crippen molar-refractivity contribution < 1.29 is 23.9 Å². The van der Waals surface area contributed by atoms with Crippen molar-refractivity contribution in [3.63, 3.8) is 0 Å². The van der Waals surface area contributed by atoms with Crippen LogP contribution >= 0.6 is 0 Å². The SMILES string of the molecule is O=CC(=O)C[C@]12C[C@@H]3CC[C@@]1(COC2=O)O3. The second-order valence-corrected chi connectivity index (χ2v) is 4.90. The molecule has 2 bridgehead atoms. The maximum atomic E-state index is 11.8. The molecule has 3 aliphatic rings. The van der Waals surface area contributed by atoms with Gasteiger partial charge in [0.2, 0.25) is 0 Å². The van der Waals surface area contributed by atoms with Crippen LogP contribution in [0.2, 0.25) is 0 Å². The first-order valence-corrected chi connectivity index (χ1v) is 5.45. The first kappa shape index (κ1) is 9.96. The molecular weight excluding hydrogens is 212 g/mol. The van der Waals surface area contributed by atoms with Crippen LogP contribution in [0.1, 0.15) is 25.7 Å². The summed E-state index contributed by atoms with van der Waals surface area (Å²) in [4.78, 5) is 33.6. The minimum Gasteiger partial charge on any atom is -0.462 e. The zero-order valence-corrected chi connectivity index (χ0v) is 8.73. The Hall–Kier alpha value is -1.23. The van der Waals surface area contributed by atoms with Gasteiger partial charge >= 0.3 is 5.97 Å². The molecule has 0 unspecified atom stereocenters. The topological polar surface area (TPSA) is 69.7 Å². The van der Waals surface area contributed by atoms with Crippen molar-refractivity contribution in [3.8, 4) is 0 Å². The Balaban J connectivity index is 1.99. The van der Waals surface area contributed by atoms with E-state index < -0.39 is 16.8 Å². The second-order valence-electron chi connectivity index (χ2n) is 4.90. The van der Waals surface area contributed by atoms with Gasteiger partial charge in [0.25, 0.3) is 0 Å². The highest BCUT2D eigenvalue weighted by molar-refractivity contribution is 6.25. The van der Waals surface area contributed by atoms with Crippen LogP contribution in [-0.2, 0) is 23.9 Å². The Labute approximate surface area is 92.1 Å². The lowest BCUT2D eigenvalue weighted by Crippen LogP contribution is -2.47. The van der Waals surface area contributed by atoms with E-state index in [1.807, 2.05) is 0 Å². The van der Waals surface area contributed by atoms with E-state index in [-0.39, 0.29) is 31.4 Å². The molecule has 3 heterocycles. The molecule has 5 heteroatoms. The number of hydrogen-bond donors (Lipinski definition) is 0. The monoisotopic (exact) mass is 224 g/mol. The standard InChI is InChI=1S/C11H12O5/c12-5-7(13)3-10-4-8-1-2-11(10,16-8)6-15-9(10)14/h5,8H,1-4,6H2/t8-,10+,11-/m0/s1. The number of hydrogen-bond acceptors (Lipinski definition) is 5. The maximum absolute atomic E-state index is 11.8. The normalized spacial score (nSPS) is 44.2. The van der Waals surface area contributed by atoms with Gasteiger partial charge in [-0.3, -0.25) is 14.4 Å². The average molecular weight is 224 g/mol. The summed E-state index contributed by atoms with van der Waals surface area (Å²) in [6.45, 7) is 0.231. The highest BCUT2D eigenvalue weighted by atomic mass is 16.6. The number of aldehydes is 1. The zero-order chi connectivity index (χ0) is 11.4. The van der Waals surface area contributed by atoms with Crippen molar-refractivity contribution in [2.24, 2.45) is 5.41 Å². The van der Waals surface area contributed by atoms with Crippen molar-refractivity contribution in [1.29, 1.82) is 0 Å². The number of Topliss-reactive ketones (excluding diaryl/α,β-unsaturated/α-hetero) is 1. The van der Waals surface area contributed by atoms with Crippen LogP contribution in [0.5, 0.6) is 0 Å².